The van der Waals surface area contributed by atoms with Gasteiger partial charge in [0.2, 0.25) is 0 Å². The highest BCUT2D eigenvalue weighted by molar-refractivity contribution is 5.82. The predicted octanol–water partition coefficient (Wildman–Crippen LogP) is 2.69. The van der Waals surface area contributed by atoms with Gasteiger partial charge in [0.25, 0.3) is 0 Å². The second-order valence-corrected chi connectivity index (χ2v) is 4.77. The van der Waals surface area contributed by atoms with Crippen LogP contribution in [0.4, 0.5) is 4.79 Å². The van der Waals surface area contributed by atoms with Crippen molar-refractivity contribution in [2.45, 2.75) is 26.0 Å². The second-order valence-electron chi connectivity index (χ2n) is 4.77. The number of hydrogen-bond acceptors (Lipinski definition) is 4. The Bertz CT molecular complexity index is 526. The number of hydrogen-bond donors (Lipinski definition) is 0. The Morgan fingerprint density at radius 2 is 2.19 bits per heavy atom. The van der Waals surface area contributed by atoms with Crippen molar-refractivity contribution in [3.8, 4) is 0 Å². The molecule has 0 bridgehead atoms. The molecule has 2 rings (SSSR count). The van der Waals surface area contributed by atoms with E-state index in [-0.39, 0.29) is 12.1 Å². The summed E-state index contributed by atoms with van der Waals surface area (Å²) in [6.07, 6.45) is 2.07. The van der Waals surface area contributed by atoms with Crippen molar-refractivity contribution in [2.24, 2.45) is 0 Å². The van der Waals surface area contributed by atoms with Crippen molar-refractivity contribution < 1.29 is 19.1 Å². The van der Waals surface area contributed by atoms with E-state index in [1.807, 2.05) is 37.3 Å². The van der Waals surface area contributed by atoms with E-state index >= 15 is 0 Å². The normalized spacial score (nSPS) is 19.6. The van der Waals surface area contributed by atoms with Gasteiger partial charge in [-0.05, 0) is 25.5 Å². The number of amides is 1. The molecule has 1 saturated heterocycles. The van der Waals surface area contributed by atoms with Crippen molar-refractivity contribution in [3.63, 3.8) is 0 Å². The SMILES string of the molecule is CCOC(=O)/C=C/[C@@H]1CN([C@H](C)c2ccccc2)C(=O)O1. The van der Waals surface area contributed by atoms with Crippen LogP contribution in [0.25, 0.3) is 0 Å². The number of nitrogens with zero attached hydrogens (tertiary/aromatic N) is 1. The average molecular weight is 289 g/mol. The molecule has 1 aromatic carbocycles. The van der Waals surface area contributed by atoms with Crippen LogP contribution in [0.3, 0.4) is 0 Å². The van der Waals surface area contributed by atoms with Crippen LogP contribution in [0.1, 0.15) is 25.5 Å². The van der Waals surface area contributed by atoms with Crippen LogP contribution in [0.15, 0.2) is 42.5 Å². The lowest BCUT2D eigenvalue weighted by Crippen LogP contribution is -2.28. The first-order chi connectivity index (χ1) is 10.1. The lowest BCUT2D eigenvalue weighted by molar-refractivity contribution is -0.137. The van der Waals surface area contributed by atoms with Gasteiger partial charge >= 0.3 is 12.1 Å². The van der Waals surface area contributed by atoms with E-state index in [0.29, 0.717) is 13.2 Å². The molecule has 2 atom stereocenters. The molecule has 1 aromatic rings. The smallest absolute Gasteiger partial charge is 0.411 e. The first kappa shape index (κ1) is 15.1. The molecule has 112 valence electrons. The Morgan fingerprint density at radius 1 is 1.48 bits per heavy atom. The molecule has 0 aromatic heterocycles. The van der Waals surface area contributed by atoms with Gasteiger partial charge in [0, 0.05) is 6.08 Å². The molecule has 0 unspecified atom stereocenters. The van der Waals surface area contributed by atoms with Crippen LogP contribution >= 0.6 is 0 Å². The standard InChI is InChI=1S/C16H19NO4/c1-3-20-15(18)10-9-14-11-17(16(19)21-14)12(2)13-7-5-4-6-8-13/h4-10,12,14H,3,11H2,1-2H3/b10-9+/t12-,14-/m1/s1. The van der Waals surface area contributed by atoms with E-state index in [0.717, 1.165) is 5.56 Å². The van der Waals surface area contributed by atoms with Gasteiger partial charge in [0.05, 0.1) is 19.2 Å². The molecule has 0 aliphatic carbocycles. The molecule has 0 spiro atoms. The second kappa shape index (κ2) is 6.92. The van der Waals surface area contributed by atoms with Gasteiger partial charge in [-0.3, -0.25) is 4.90 Å². The van der Waals surface area contributed by atoms with Crippen LogP contribution in [-0.4, -0.2) is 36.2 Å². The summed E-state index contributed by atoms with van der Waals surface area (Å²) in [7, 11) is 0. The average Bonchev–Trinajstić information content (AvgIpc) is 2.87. The van der Waals surface area contributed by atoms with Crippen LogP contribution < -0.4 is 0 Å². The Balaban J connectivity index is 1.98. The summed E-state index contributed by atoms with van der Waals surface area (Å²) in [6, 6.07) is 9.68. The molecule has 5 heteroatoms. The molecular formula is C16H19NO4. The van der Waals surface area contributed by atoms with E-state index < -0.39 is 12.1 Å². The zero-order valence-electron chi connectivity index (χ0n) is 12.2. The molecule has 1 fully saturated rings. The van der Waals surface area contributed by atoms with Crippen LogP contribution in [0.5, 0.6) is 0 Å². The number of rotatable bonds is 5. The molecular weight excluding hydrogens is 270 g/mol. The number of carbonyl (C=O) groups is 2. The minimum atomic E-state index is -0.428. The monoisotopic (exact) mass is 289 g/mol. The fourth-order valence-corrected chi connectivity index (χ4v) is 2.21. The fourth-order valence-electron chi connectivity index (χ4n) is 2.21. The number of ether oxygens (including phenoxy) is 2. The number of benzene rings is 1. The first-order valence-electron chi connectivity index (χ1n) is 6.99. The number of esters is 1. The van der Waals surface area contributed by atoms with Gasteiger partial charge in [-0.15, -0.1) is 0 Å². The zero-order valence-corrected chi connectivity index (χ0v) is 12.2. The molecule has 1 aliphatic heterocycles. The van der Waals surface area contributed by atoms with E-state index in [1.54, 1.807) is 17.9 Å². The highest BCUT2D eigenvalue weighted by atomic mass is 16.6. The maximum absolute atomic E-state index is 11.9. The van der Waals surface area contributed by atoms with E-state index in [9.17, 15) is 9.59 Å². The highest BCUT2D eigenvalue weighted by Crippen LogP contribution is 2.25. The molecule has 1 heterocycles. The summed E-state index contributed by atoms with van der Waals surface area (Å²) in [5.74, 6) is -0.428. The molecule has 1 amide bonds. The molecule has 0 radical (unpaired) electrons. The third-order valence-corrected chi connectivity index (χ3v) is 3.35. The zero-order chi connectivity index (χ0) is 15.2. The minimum Gasteiger partial charge on any atom is -0.463 e. The Labute approximate surface area is 124 Å². The van der Waals surface area contributed by atoms with Gasteiger partial charge in [0.15, 0.2) is 0 Å². The topological polar surface area (TPSA) is 55.8 Å². The summed E-state index contributed by atoms with van der Waals surface area (Å²) in [5, 5.41) is 0. The third-order valence-electron chi connectivity index (χ3n) is 3.35. The predicted molar refractivity (Wildman–Crippen MR) is 77.6 cm³/mol. The Hall–Kier alpha value is -2.30. The summed E-state index contributed by atoms with van der Waals surface area (Å²) < 4.78 is 10.0. The van der Waals surface area contributed by atoms with Gasteiger partial charge in [-0.25, -0.2) is 9.59 Å². The molecule has 5 nitrogen and oxygen atoms in total. The van der Waals surface area contributed by atoms with E-state index in [1.165, 1.54) is 6.08 Å². The quantitative estimate of drug-likeness (QED) is 0.617. The number of cyclic esters (lactones) is 1. The summed E-state index contributed by atoms with van der Waals surface area (Å²) in [5.41, 5.74) is 1.05. The van der Waals surface area contributed by atoms with Crippen molar-refractivity contribution >= 4 is 12.1 Å². The van der Waals surface area contributed by atoms with Gasteiger partial charge < -0.3 is 9.47 Å². The lowest BCUT2D eigenvalue weighted by Gasteiger charge is -2.21. The van der Waals surface area contributed by atoms with E-state index in [2.05, 4.69) is 0 Å². The molecule has 21 heavy (non-hydrogen) atoms. The van der Waals surface area contributed by atoms with Crippen molar-refractivity contribution in [1.82, 2.24) is 4.90 Å². The number of carbonyl (C=O) groups excluding carboxylic acids is 2. The third kappa shape index (κ3) is 3.84. The van der Waals surface area contributed by atoms with Crippen LogP contribution in [0.2, 0.25) is 0 Å². The van der Waals surface area contributed by atoms with Crippen LogP contribution in [0, 0.1) is 0 Å². The minimum absolute atomic E-state index is 0.0697. The maximum Gasteiger partial charge on any atom is 0.411 e. The van der Waals surface area contributed by atoms with Crippen LogP contribution in [-0.2, 0) is 14.3 Å². The lowest BCUT2D eigenvalue weighted by atomic mass is 10.1. The highest BCUT2D eigenvalue weighted by Gasteiger charge is 2.33. The van der Waals surface area contributed by atoms with Crippen molar-refractivity contribution in [3.05, 3.63) is 48.0 Å². The molecule has 0 N–H and O–H groups in total. The molecule has 1 aliphatic rings. The fraction of sp³-hybridized carbons (Fsp3) is 0.375. The first-order valence-corrected chi connectivity index (χ1v) is 6.99. The summed E-state index contributed by atoms with van der Waals surface area (Å²) in [6.45, 7) is 4.44. The largest absolute Gasteiger partial charge is 0.463 e. The van der Waals surface area contributed by atoms with Gasteiger partial charge in [0.1, 0.15) is 6.10 Å². The van der Waals surface area contributed by atoms with Crippen molar-refractivity contribution in [2.75, 3.05) is 13.2 Å². The molecule has 0 saturated carbocycles. The summed E-state index contributed by atoms with van der Waals surface area (Å²) in [4.78, 5) is 24.8. The maximum atomic E-state index is 11.9. The van der Waals surface area contributed by atoms with Gasteiger partial charge in [-0.2, -0.15) is 0 Å². The summed E-state index contributed by atoms with van der Waals surface area (Å²) >= 11 is 0. The van der Waals surface area contributed by atoms with E-state index in [4.69, 9.17) is 9.47 Å². The Morgan fingerprint density at radius 3 is 2.86 bits per heavy atom. The Kier molecular flexibility index (Phi) is 4.98. The van der Waals surface area contributed by atoms with Gasteiger partial charge in [-0.1, -0.05) is 30.3 Å². The van der Waals surface area contributed by atoms with Crippen molar-refractivity contribution in [1.29, 1.82) is 0 Å².